The normalized spacial score (nSPS) is 14.1. The predicted octanol–water partition coefficient (Wildman–Crippen LogP) is 6.66. The molecule has 42 heavy (non-hydrogen) atoms. The smallest absolute Gasteiger partial charge is 0.223 e. The molecule has 0 bridgehead atoms. The van der Waals surface area contributed by atoms with E-state index < -0.39 is 0 Å². The lowest BCUT2D eigenvalue weighted by molar-refractivity contribution is -0.135. The van der Waals surface area contributed by atoms with Gasteiger partial charge >= 0.3 is 0 Å². The van der Waals surface area contributed by atoms with Crippen molar-refractivity contribution in [1.29, 1.82) is 0 Å². The molecule has 1 atom stereocenters. The first-order valence-corrected chi connectivity index (χ1v) is 14.5. The molecule has 1 aromatic heterocycles. The fourth-order valence-corrected chi connectivity index (χ4v) is 5.67. The van der Waals surface area contributed by atoms with Crippen LogP contribution in [0.2, 0.25) is 0 Å². The van der Waals surface area contributed by atoms with Gasteiger partial charge in [-0.3, -0.25) is 4.79 Å². The van der Waals surface area contributed by atoms with Crippen molar-refractivity contribution in [2.75, 3.05) is 33.4 Å². The molecule has 6 rings (SSSR count). The Hall–Kier alpha value is -4.55. The number of morpholine rings is 1. The second-order valence-electron chi connectivity index (χ2n) is 10.7. The summed E-state index contributed by atoms with van der Waals surface area (Å²) in [5.74, 6) is 1.70. The van der Waals surface area contributed by atoms with E-state index in [1.54, 1.807) is 7.11 Å². The van der Waals surface area contributed by atoms with Gasteiger partial charge in [0.2, 0.25) is 5.91 Å². The van der Waals surface area contributed by atoms with E-state index in [0.717, 1.165) is 45.6 Å². The van der Waals surface area contributed by atoms with Crippen molar-refractivity contribution in [3.05, 3.63) is 132 Å². The van der Waals surface area contributed by atoms with Gasteiger partial charge in [0.25, 0.3) is 0 Å². The Kier molecular flexibility index (Phi) is 8.52. The van der Waals surface area contributed by atoms with E-state index in [1.807, 2.05) is 47.4 Å². The van der Waals surface area contributed by atoms with Crippen LogP contribution in [0.3, 0.4) is 0 Å². The van der Waals surface area contributed by atoms with Gasteiger partial charge in [-0.05, 0) is 52.6 Å². The molecule has 1 aliphatic heterocycles. The second kappa shape index (κ2) is 13.0. The van der Waals surface area contributed by atoms with Crippen LogP contribution in [0.4, 0.5) is 0 Å². The van der Waals surface area contributed by atoms with Gasteiger partial charge in [0.1, 0.15) is 18.1 Å². The number of rotatable bonds is 10. The third kappa shape index (κ3) is 6.34. The number of fused-ring (bicyclic) bond motifs is 1. The fourth-order valence-electron chi connectivity index (χ4n) is 5.67. The zero-order valence-electron chi connectivity index (χ0n) is 23.9. The minimum Gasteiger partial charge on any atom is -0.497 e. The zero-order valence-corrected chi connectivity index (χ0v) is 23.9. The minimum absolute atomic E-state index is 0.106. The zero-order chi connectivity index (χ0) is 28.7. The van der Waals surface area contributed by atoms with Gasteiger partial charge in [0.05, 0.1) is 20.3 Å². The van der Waals surface area contributed by atoms with Crippen LogP contribution in [-0.2, 0) is 22.7 Å². The molecule has 0 saturated carbocycles. The van der Waals surface area contributed by atoms with Crippen LogP contribution in [0.5, 0.6) is 11.5 Å². The molecule has 5 aromatic rings. The predicted molar refractivity (Wildman–Crippen MR) is 165 cm³/mol. The molecular formula is C36H36N2O4. The summed E-state index contributed by atoms with van der Waals surface area (Å²) in [5.41, 5.74) is 5.70. The summed E-state index contributed by atoms with van der Waals surface area (Å²) in [6.45, 7) is 3.68. The van der Waals surface area contributed by atoms with E-state index in [9.17, 15) is 4.79 Å². The summed E-state index contributed by atoms with van der Waals surface area (Å²) in [6.07, 6.45) is 2.62. The number of ether oxygens (including phenoxy) is 3. The van der Waals surface area contributed by atoms with Crippen LogP contribution >= 0.6 is 0 Å². The average molecular weight is 561 g/mol. The molecule has 1 saturated heterocycles. The third-order valence-electron chi connectivity index (χ3n) is 7.98. The van der Waals surface area contributed by atoms with E-state index in [0.29, 0.717) is 39.3 Å². The second-order valence-corrected chi connectivity index (χ2v) is 10.7. The van der Waals surface area contributed by atoms with Gasteiger partial charge < -0.3 is 23.7 Å². The first kappa shape index (κ1) is 27.6. The molecule has 4 aromatic carbocycles. The maximum Gasteiger partial charge on any atom is 0.223 e. The van der Waals surface area contributed by atoms with Crippen LogP contribution in [0.25, 0.3) is 10.9 Å². The maximum atomic E-state index is 13.6. The lowest BCUT2D eigenvalue weighted by Gasteiger charge is -2.28. The molecule has 6 heteroatoms. The molecule has 0 spiro atoms. The van der Waals surface area contributed by atoms with E-state index in [2.05, 4.69) is 71.4 Å². The quantitative estimate of drug-likeness (QED) is 0.192. The Labute approximate surface area is 247 Å². The SMILES string of the molecule is COc1ccc(Cn2cc(C(CC(=O)N3CCOCC3)c3ccc(OCc4ccccc4)cc3)c3ccccc32)cc1. The van der Waals surface area contributed by atoms with Crippen molar-refractivity contribution in [3.63, 3.8) is 0 Å². The molecule has 6 nitrogen and oxygen atoms in total. The number of amides is 1. The Morgan fingerprint density at radius 2 is 1.50 bits per heavy atom. The third-order valence-corrected chi connectivity index (χ3v) is 7.98. The van der Waals surface area contributed by atoms with Gasteiger partial charge in [0.15, 0.2) is 0 Å². The summed E-state index contributed by atoms with van der Waals surface area (Å²) >= 11 is 0. The fraction of sp³-hybridized carbons (Fsp3) is 0.250. The monoisotopic (exact) mass is 560 g/mol. The van der Waals surface area contributed by atoms with Gasteiger partial charge in [-0.2, -0.15) is 0 Å². The number of hydrogen-bond acceptors (Lipinski definition) is 4. The first-order valence-electron chi connectivity index (χ1n) is 14.5. The van der Waals surface area contributed by atoms with E-state index >= 15 is 0 Å². The molecule has 0 radical (unpaired) electrons. The number of para-hydroxylation sites is 1. The van der Waals surface area contributed by atoms with E-state index in [1.165, 1.54) is 5.56 Å². The maximum absolute atomic E-state index is 13.6. The highest BCUT2D eigenvalue weighted by molar-refractivity contribution is 5.87. The molecule has 1 unspecified atom stereocenters. The van der Waals surface area contributed by atoms with Crippen molar-refractivity contribution < 1.29 is 19.0 Å². The number of benzene rings is 4. The minimum atomic E-state index is -0.106. The van der Waals surface area contributed by atoms with E-state index in [-0.39, 0.29) is 11.8 Å². The Balaban J connectivity index is 1.32. The lowest BCUT2D eigenvalue weighted by Crippen LogP contribution is -2.41. The average Bonchev–Trinajstić information content (AvgIpc) is 3.42. The highest BCUT2D eigenvalue weighted by Crippen LogP contribution is 2.36. The molecule has 214 valence electrons. The van der Waals surface area contributed by atoms with Crippen LogP contribution in [0, 0.1) is 0 Å². The van der Waals surface area contributed by atoms with Gasteiger partial charge in [-0.25, -0.2) is 0 Å². The molecule has 1 fully saturated rings. The number of carbonyl (C=O) groups excluding carboxylic acids is 1. The Bertz CT molecular complexity index is 1600. The molecule has 2 heterocycles. The molecular weight excluding hydrogens is 524 g/mol. The van der Waals surface area contributed by atoms with Crippen LogP contribution in [0.15, 0.2) is 109 Å². The summed E-state index contributed by atoms with van der Waals surface area (Å²) in [4.78, 5) is 15.5. The molecule has 1 amide bonds. The number of nitrogens with zero attached hydrogens (tertiary/aromatic N) is 2. The number of methoxy groups -OCH3 is 1. The lowest BCUT2D eigenvalue weighted by atomic mass is 9.87. The van der Waals surface area contributed by atoms with Crippen molar-refractivity contribution in [2.24, 2.45) is 0 Å². The molecule has 0 N–H and O–H groups in total. The Morgan fingerprint density at radius 1 is 0.810 bits per heavy atom. The number of hydrogen-bond donors (Lipinski definition) is 0. The molecule has 0 aliphatic carbocycles. The highest BCUT2D eigenvalue weighted by atomic mass is 16.5. The van der Waals surface area contributed by atoms with Crippen LogP contribution in [0.1, 0.15) is 34.6 Å². The van der Waals surface area contributed by atoms with Crippen molar-refractivity contribution in [3.8, 4) is 11.5 Å². The summed E-state index contributed by atoms with van der Waals surface area (Å²) in [7, 11) is 1.68. The van der Waals surface area contributed by atoms with Crippen LogP contribution < -0.4 is 9.47 Å². The van der Waals surface area contributed by atoms with Gasteiger partial charge in [-0.1, -0.05) is 72.8 Å². The summed E-state index contributed by atoms with van der Waals surface area (Å²) in [6, 6.07) is 35.0. The van der Waals surface area contributed by atoms with Crippen molar-refractivity contribution in [1.82, 2.24) is 9.47 Å². The Morgan fingerprint density at radius 3 is 2.24 bits per heavy atom. The number of aromatic nitrogens is 1. The van der Waals surface area contributed by atoms with Crippen LogP contribution in [-0.4, -0.2) is 48.8 Å². The topological polar surface area (TPSA) is 52.9 Å². The standard InChI is InChI=1S/C36H36N2O4/c1-40-30-15-11-27(12-16-30)24-38-25-34(32-9-5-6-10-35(32)38)33(23-36(39)37-19-21-41-22-20-37)29-13-17-31(18-14-29)42-26-28-7-3-2-4-8-28/h2-18,25,33H,19-24,26H2,1H3. The van der Waals surface area contributed by atoms with Crippen molar-refractivity contribution >= 4 is 16.8 Å². The summed E-state index contributed by atoms with van der Waals surface area (Å²) < 4.78 is 19.2. The van der Waals surface area contributed by atoms with Crippen molar-refractivity contribution in [2.45, 2.75) is 25.5 Å². The van der Waals surface area contributed by atoms with E-state index in [4.69, 9.17) is 14.2 Å². The van der Waals surface area contributed by atoms with Gasteiger partial charge in [0, 0.05) is 49.1 Å². The van der Waals surface area contributed by atoms with Gasteiger partial charge in [-0.15, -0.1) is 0 Å². The molecule has 1 aliphatic rings. The summed E-state index contributed by atoms with van der Waals surface area (Å²) in [5, 5.41) is 1.16. The number of carbonyl (C=O) groups is 1. The first-order chi connectivity index (χ1) is 20.7. The largest absolute Gasteiger partial charge is 0.497 e. The highest BCUT2D eigenvalue weighted by Gasteiger charge is 2.26.